The number of nitrogens with zero attached hydrogens (tertiary/aromatic N) is 2. The van der Waals surface area contributed by atoms with Crippen LogP contribution in [0.1, 0.15) is 12.0 Å². The summed E-state index contributed by atoms with van der Waals surface area (Å²) in [5, 5.41) is 2.58. The van der Waals surface area contributed by atoms with E-state index in [2.05, 4.69) is 26.2 Å². The van der Waals surface area contributed by atoms with E-state index in [1.807, 2.05) is 4.90 Å². The average Bonchev–Trinajstić information content (AvgIpc) is 2.86. The number of hydrogen-bond donors (Lipinski definition) is 1. The van der Waals surface area contributed by atoms with Gasteiger partial charge in [0.2, 0.25) is 5.91 Å². The molecule has 8 heteroatoms. The Bertz CT molecular complexity index is 521. The van der Waals surface area contributed by atoms with Crippen molar-refractivity contribution in [3.63, 3.8) is 0 Å². The van der Waals surface area contributed by atoms with E-state index < -0.39 is 11.7 Å². The number of aromatic nitrogens is 1. The third kappa shape index (κ3) is 3.05. The lowest BCUT2D eigenvalue weighted by atomic mass is 10.1. The first-order valence-electron chi connectivity index (χ1n) is 6.02. The largest absolute Gasteiger partial charge is 0.417 e. The summed E-state index contributed by atoms with van der Waals surface area (Å²) in [4.78, 5) is 17.2. The first-order valence-corrected chi connectivity index (χ1v) is 6.81. The lowest BCUT2D eigenvalue weighted by molar-refractivity contribution is -0.137. The molecule has 0 aliphatic carbocycles. The van der Waals surface area contributed by atoms with Crippen molar-refractivity contribution in [2.24, 2.45) is 5.92 Å². The monoisotopic (exact) mass is 351 g/mol. The molecule has 1 aliphatic heterocycles. The quantitative estimate of drug-likeness (QED) is 0.889. The van der Waals surface area contributed by atoms with Gasteiger partial charge in [-0.15, -0.1) is 0 Å². The van der Waals surface area contributed by atoms with E-state index in [4.69, 9.17) is 0 Å². The number of alkyl halides is 3. The molecule has 0 bridgehead atoms. The van der Waals surface area contributed by atoms with Crippen molar-refractivity contribution in [1.29, 1.82) is 0 Å². The van der Waals surface area contributed by atoms with E-state index in [1.54, 1.807) is 7.05 Å². The number of hydrogen-bond acceptors (Lipinski definition) is 3. The van der Waals surface area contributed by atoms with Gasteiger partial charge in [-0.3, -0.25) is 4.79 Å². The van der Waals surface area contributed by atoms with Crippen molar-refractivity contribution in [3.05, 3.63) is 22.3 Å². The highest BCUT2D eigenvalue weighted by atomic mass is 79.9. The summed E-state index contributed by atoms with van der Waals surface area (Å²) >= 11 is 3.12. The molecule has 1 unspecified atom stereocenters. The van der Waals surface area contributed by atoms with Gasteiger partial charge in [0.1, 0.15) is 5.82 Å². The molecule has 0 saturated carbocycles. The van der Waals surface area contributed by atoms with Crippen LogP contribution in [0.2, 0.25) is 0 Å². The Kier molecular flexibility index (Phi) is 4.22. The number of carbonyl (C=O) groups excluding carboxylic acids is 1. The summed E-state index contributed by atoms with van der Waals surface area (Å²) in [6.45, 7) is 1.05. The molecule has 110 valence electrons. The van der Waals surface area contributed by atoms with E-state index in [0.29, 0.717) is 25.3 Å². The van der Waals surface area contributed by atoms with Gasteiger partial charge in [0.15, 0.2) is 0 Å². The molecule has 1 saturated heterocycles. The van der Waals surface area contributed by atoms with Crippen LogP contribution in [-0.2, 0) is 11.0 Å². The van der Waals surface area contributed by atoms with Crippen LogP contribution in [0.5, 0.6) is 0 Å². The number of rotatable bonds is 2. The van der Waals surface area contributed by atoms with Gasteiger partial charge in [-0.05, 0) is 28.4 Å². The summed E-state index contributed by atoms with van der Waals surface area (Å²) in [7, 11) is 1.57. The van der Waals surface area contributed by atoms with Crippen LogP contribution in [-0.4, -0.2) is 31.0 Å². The Balaban J connectivity index is 2.17. The Morgan fingerprint density at radius 3 is 2.80 bits per heavy atom. The molecule has 1 aliphatic rings. The summed E-state index contributed by atoms with van der Waals surface area (Å²) in [5.41, 5.74) is -0.796. The SMILES string of the molecule is CNC(=O)C1CCN(c2ncc(C(F)(F)F)cc2Br)C1. The third-order valence-electron chi connectivity index (χ3n) is 3.25. The van der Waals surface area contributed by atoms with Crippen LogP contribution in [0.25, 0.3) is 0 Å². The number of amides is 1. The van der Waals surface area contributed by atoms with Gasteiger partial charge in [0.05, 0.1) is 16.0 Å². The zero-order chi connectivity index (χ0) is 14.9. The Labute approximate surface area is 122 Å². The standard InChI is InChI=1S/C12H13BrF3N3O/c1-17-11(20)7-2-3-19(6-7)10-9(13)4-8(5-18-10)12(14,15)16/h4-5,7H,2-3,6H2,1H3,(H,17,20). The molecule has 1 aromatic rings. The zero-order valence-corrected chi connectivity index (χ0v) is 12.3. The highest BCUT2D eigenvalue weighted by molar-refractivity contribution is 9.10. The van der Waals surface area contributed by atoms with Gasteiger partial charge in [-0.1, -0.05) is 0 Å². The van der Waals surface area contributed by atoms with E-state index in [-0.39, 0.29) is 16.3 Å². The predicted molar refractivity (Wildman–Crippen MR) is 71.3 cm³/mol. The third-order valence-corrected chi connectivity index (χ3v) is 3.84. The van der Waals surface area contributed by atoms with Crippen molar-refractivity contribution >= 4 is 27.7 Å². The van der Waals surface area contributed by atoms with Crippen molar-refractivity contribution in [1.82, 2.24) is 10.3 Å². The molecule has 0 spiro atoms. The van der Waals surface area contributed by atoms with Gasteiger partial charge >= 0.3 is 6.18 Å². The molecule has 0 aromatic carbocycles. The smallest absolute Gasteiger partial charge is 0.359 e. The minimum atomic E-state index is -4.41. The van der Waals surface area contributed by atoms with Crippen LogP contribution >= 0.6 is 15.9 Å². The molecule has 2 rings (SSSR count). The van der Waals surface area contributed by atoms with E-state index in [9.17, 15) is 18.0 Å². The maximum absolute atomic E-state index is 12.6. The molecule has 1 fully saturated rings. The minimum Gasteiger partial charge on any atom is -0.359 e. The predicted octanol–water partition coefficient (Wildman–Crippen LogP) is 2.44. The molecule has 1 N–H and O–H groups in total. The molecule has 0 radical (unpaired) electrons. The molecule has 1 atom stereocenters. The van der Waals surface area contributed by atoms with Gasteiger partial charge in [-0.2, -0.15) is 13.2 Å². The van der Waals surface area contributed by atoms with Gasteiger partial charge < -0.3 is 10.2 Å². The molecule has 20 heavy (non-hydrogen) atoms. The average molecular weight is 352 g/mol. The van der Waals surface area contributed by atoms with Gasteiger partial charge in [0.25, 0.3) is 0 Å². The number of pyridine rings is 1. The van der Waals surface area contributed by atoms with E-state index >= 15 is 0 Å². The number of anilines is 1. The van der Waals surface area contributed by atoms with Crippen LogP contribution in [0.15, 0.2) is 16.7 Å². The second-order valence-electron chi connectivity index (χ2n) is 4.57. The highest BCUT2D eigenvalue weighted by Crippen LogP contribution is 2.35. The number of halogens is 4. The normalized spacial score (nSPS) is 19.2. The second-order valence-corrected chi connectivity index (χ2v) is 5.43. The fourth-order valence-corrected chi connectivity index (χ4v) is 2.79. The van der Waals surface area contributed by atoms with Crippen molar-refractivity contribution in [3.8, 4) is 0 Å². The van der Waals surface area contributed by atoms with E-state index in [0.717, 1.165) is 12.3 Å². The highest BCUT2D eigenvalue weighted by Gasteiger charge is 2.33. The van der Waals surface area contributed by atoms with E-state index in [1.165, 1.54) is 0 Å². The zero-order valence-electron chi connectivity index (χ0n) is 10.7. The van der Waals surface area contributed by atoms with Crippen molar-refractivity contribution in [2.75, 3.05) is 25.0 Å². The van der Waals surface area contributed by atoms with Crippen molar-refractivity contribution in [2.45, 2.75) is 12.6 Å². The maximum Gasteiger partial charge on any atom is 0.417 e. The van der Waals surface area contributed by atoms with Crippen LogP contribution in [0.3, 0.4) is 0 Å². The fraction of sp³-hybridized carbons (Fsp3) is 0.500. The van der Waals surface area contributed by atoms with Crippen LogP contribution < -0.4 is 10.2 Å². The van der Waals surface area contributed by atoms with Gasteiger partial charge in [-0.25, -0.2) is 4.98 Å². The lowest BCUT2D eigenvalue weighted by Gasteiger charge is -2.19. The number of carbonyl (C=O) groups is 1. The topological polar surface area (TPSA) is 45.2 Å². The summed E-state index contributed by atoms with van der Waals surface area (Å²) in [6.07, 6.45) is -2.94. The summed E-state index contributed by atoms with van der Waals surface area (Å²) in [5.74, 6) is 0.218. The Morgan fingerprint density at radius 2 is 2.25 bits per heavy atom. The molecule has 1 amide bonds. The maximum atomic E-state index is 12.6. The van der Waals surface area contributed by atoms with Gasteiger partial charge in [0, 0.05) is 26.3 Å². The minimum absolute atomic E-state index is 0.0597. The van der Waals surface area contributed by atoms with Crippen LogP contribution in [0.4, 0.5) is 19.0 Å². The lowest BCUT2D eigenvalue weighted by Crippen LogP contribution is -2.30. The molecule has 4 nitrogen and oxygen atoms in total. The first-order chi connectivity index (χ1) is 9.32. The Hall–Kier alpha value is -1.31. The van der Waals surface area contributed by atoms with Crippen molar-refractivity contribution < 1.29 is 18.0 Å². The number of nitrogens with one attached hydrogen (secondary N) is 1. The molecular weight excluding hydrogens is 339 g/mol. The summed E-state index contributed by atoms with van der Waals surface area (Å²) < 4.78 is 38.0. The fourth-order valence-electron chi connectivity index (χ4n) is 2.19. The first kappa shape index (κ1) is 15.1. The Morgan fingerprint density at radius 1 is 1.55 bits per heavy atom. The van der Waals surface area contributed by atoms with Crippen LogP contribution in [0, 0.1) is 5.92 Å². The molecule has 1 aromatic heterocycles. The molecular formula is C12H13BrF3N3O. The second kappa shape index (κ2) is 5.59. The summed E-state index contributed by atoms with van der Waals surface area (Å²) in [6, 6.07) is 1.01. The molecule has 2 heterocycles.